The summed E-state index contributed by atoms with van der Waals surface area (Å²) in [5, 5.41) is 11.8. The molecule has 18 heavy (non-hydrogen) atoms. The molecule has 0 aromatic carbocycles. The number of carboxylic acids is 1. The summed E-state index contributed by atoms with van der Waals surface area (Å²) in [5.41, 5.74) is -0.647. The highest BCUT2D eigenvalue weighted by Crippen LogP contribution is 2.26. The summed E-state index contributed by atoms with van der Waals surface area (Å²) in [6.07, 6.45) is 3.18. The van der Waals surface area contributed by atoms with Crippen molar-refractivity contribution in [2.24, 2.45) is 0 Å². The maximum atomic E-state index is 11.7. The molecule has 7 heteroatoms. The smallest absolute Gasteiger partial charge is 0.409 e. The number of carbonyl (C=O) groups is 2. The number of carboxylic acid groups (broad SMARTS) is 1. The Bertz CT molecular complexity index is 304. The van der Waals surface area contributed by atoms with Gasteiger partial charge in [0.15, 0.2) is 4.87 Å². The lowest BCUT2D eigenvalue weighted by Gasteiger charge is -2.30. The fraction of sp³-hybridized carbons (Fsp3) is 0.818. The van der Waals surface area contributed by atoms with E-state index in [0.717, 1.165) is 11.8 Å². The molecular weight excluding hydrogens is 274 g/mol. The van der Waals surface area contributed by atoms with E-state index in [4.69, 9.17) is 4.74 Å². The van der Waals surface area contributed by atoms with Gasteiger partial charge in [-0.05, 0) is 39.0 Å². The summed E-state index contributed by atoms with van der Waals surface area (Å²) in [4.78, 5) is 21.7. The van der Waals surface area contributed by atoms with Gasteiger partial charge in [-0.1, -0.05) is 0 Å². The van der Waals surface area contributed by atoms with Crippen LogP contribution >= 0.6 is 23.5 Å². The highest BCUT2D eigenvalue weighted by Gasteiger charge is 2.40. The maximum Gasteiger partial charge on any atom is 0.409 e. The lowest BCUT2D eigenvalue weighted by molar-refractivity contribution is -0.140. The third-order valence-electron chi connectivity index (χ3n) is 2.06. The molecule has 0 saturated carbocycles. The average Bonchev–Trinajstić information content (AvgIpc) is 2.21. The van der Waals surface area contributed by atoms with Crippen molar-refractivity contribution in [1.29, 1.82) is 0 Å². The molecule has 5 nitrogen and oxygen atoms in total. The van der Waals surface area contributed by atoms with Gasteiger partial charge in [0.2, 0.25) is 0 Å². The van der Waals surface area contributed by atoms with Crippen molar-refractivity contribution < 1.29 is 19.4 Å². The van der Waals surface area contributed by atoms with Crippen molar-refractivity contribution in [3.63, 3.8) is 0 Å². The number of carbonyl (C=O) groups excluding carboxylic acids is 1. The lowest BCUT2D eigenvalue weighted by atomic mass is 10.2. The largest absolute Gasteiger partial charge is 0.479 e. The molecule has 0 fully saturated rings. The van der Waals surface area contributed by atoms with Gasteiger partial charge in [0.25, 0.3) is 0 Å². The zero-order valence-electron chi connectivity index (χ0n) is 11.4. The summed E-state index contributed by atoms with van der Waals surface area (Å²) >= 11 is 2.63. The Morgan fingerprint density at radius 2 is 1.83 bits per heavy atom. The van der Waals surface area contributed by atoms with Crippen LogP contribution in [0.2, 0.25) is 0 Å². The van der Waals surface area contributed by atoms with Gasteiger partial charge in [0.05, 0.1) is 0 Å². The van der Waals surface area contributed by atoms with Crippen LogP contribution in [0.3, 0.4) is 0 Å². The second-order valence-corrected chi connectivity index (χ2v) is 6.80. The van der Waals surface area contributed by atoms with Crippen molar-refractivity contribution in [3.05, 3.63) is 0 Å². The highest BCUT2D eigenvalue weighted by atomic mass is 32.2. The normalized spacial score (nSPS) is 14.7. The van der Waals surface area contributed by atoms with Crippen LogP contribution < -0.4 is 5.32 Å². The van der Waals surface area contributed by atoms with Gasteiger partial charge in [-0.2, -0.15) is 11.8 Å². The first-order chi connectivity index (χ1) is 8.17. The Labute approximate surface area is 116 Å². The monoisotopic (exact) mass is 295 g/mol. The van der Waals surface area contributed by atoms with Crippen LogP contribution in [0, 0.1) is 0 Å². The van der Waals surface area contributed by atoms with E-state index < -0.39 is 22.5 Å². The van der Waals surface area contributed by atoms with Gasteiger partial charge in [0, 0.05) is 6.42 Å². The minimum Gasteiger partial charge on any atom is -0.479 e. The second-order valence-electron chi connectivity index (χ2n) is 4.71. The van der Waals surface area contributed by atoms with Crippen LogP contribution in [0.4, 0.5) is 4.79 Å². The third-order valence-corrected chi connectivity index (χ3v) is 3.85. The van der Waals surface area contributed by atoms with Gasteiger partial charge in [-0.3, -0.25) is 5.32 Å². The molecule has 0 unspecified atom stereocenters. The number of rotatable bonds is 6. The van der Waals surface area contributed by atoms with Gasteiger partial charge in [0.1, 0.15) is 5.60 Å². The molecule has 0 spiro atoms. The van der Waals surface area contributed by atoms with Crippen LogP contribution in [0.25, 0.3) is 0 Å². The molecular formula is C11H21NO4S2. The summed E-state index contributed by atoms with van der Waals surface area (Å²) in [6.45, 7) is 5.20. The van der Waals surface area contributed by atoms with E-state index in [1.165, 1.54) is 11.8 Å². The van der Waals surface area contributed by atoms with Crippen LogP contribution in [-0.2, 0) is 9.53 Å². The van der Waals surface area contributed by atoms with E-state index in [1.54, 1.807) is 27.0 Å². The third kappa shape index (κ3) is 5.86. The number of alkyl carbamates (subject to hydrolysis) is 1. The molecule has 0 bridgehead atoms. The molecule has 1 atom stereocenters. The minimum absolute atomic E-state index is 0.337. The molecule has 0 saturated heterocycles. The molecule has 0 radical (unpaired) electrons. The molecule has 0 aromatic rings. The molecule has 1 amide bonds. The van der Waals surface area contributed by atoms with E-state index in [1.807, 2.05) is 6.26 Å². The van der Waals surface area contributed by atoms with Crippen molar-refractivity contribution in [1.82, 2.24) is 5.32 Å². The van der Waals surface area contributed by atoms with E-state index in [-0.39, 0.29) is 0 Å². The number of hydrogen-bond donors (Lipinski definition) is 2. The first kappa shape index (κ1) is 17.4. The van der Waals surface area contributed by atoms with Gasteiger partial charge >= 0.3 is 12.1 Å². The zero-order valence-corrected chi connectivity index (χ0v) is 13.0. The SMILES string of the molecule is CSCC[C@](NC(=O)OC(C)(C)C)(SC)C(=O)O. The molecule has 0 aliphatic heterocycles. The number of nitrogens with one attached hydrogen (secondary N) is 1. The Hall–Kier alpha value is -0.560. The van der Waals surface area contributed by atoms with Gasteiger partial charge < -0.3 is 9.84 Å². The quantitative estimate of drug-likeness (QED) is 0.733. The molecule has 0 aromatic heterocycles. The molecule has 0 rings (SSSR count). The number of aliphatic carboxylic acids is 1. The van der Waals surface area contributed by atoms with Crippen LogP contribution in [0.15, 0.2) is 0 Å². The predicted octanol–water partition coefficient (Wildman–Crippen LogP) is 2.41. The number of amides is 1. The molecule has 0 heterocycles. The molecule has 106 valence electrons. The van der Waals surface area contributed by atoms with Crippen molar-refractivity contribution >= 4 is 35.6 Å². The standard InChI is InChI=1S/C11H21NO4S2/c1-10(2,3)16-9(15)12-11(18-5,8(13)14)6-7-17-4/h6-7H2,1-5H3,(H,12,15)(H,13,14)/t11-/m0/s1. The lowest BCUT2D eigenvalue weighted by Crippen LogP contribution is -2.53. The summed E-state index contributed by atoms with van der Waals surface area (Å²) < 4.78 is 5.09. The topological polar surface area (TPSA) is 75.6 Å². The average molecular weight is 295 g/mol. The summed E-state index contributed by atoms with van der Waals surface area (Å²) in [7, 11) is 0. The summed E-state index contributed by atoms with van der Waals surface area (Å²) in [6, 6.07) is 0. The number of ether oxygens (including phenoxy) is 1. The second kappa shape index (κ2) is 7.13. The Morgan fingerprint density at radius 3 is 2.17 bits per heavy atom. The van der Waals surface area contributed by atoms with E-state index in [9.17, 15) is 14.7 Å². The Kier molecular flexibility index (Phi) is 6.91. The van der Waals surface area contributed by atoms with Crippen LogP contribution in [0.5, 0.6) is 0 Å². The highest BCUT2D eigenvalue weighted by molar-refractivity contribution is 8.01. The first-order valence-electron chi connectivity index (χ1n) is 5.45. The van der Waals surface area contributed by atoms with Gasteiger partial charge in [-0.15, -0.1) is 11.8 Å². The van der Waals surface area contributed by atoms with Gasteiger partial charge in [-0.25, -0.2) is 9.59 Å². The zero-order chi connectivity index (χ0) is 14.4. The van der Waals surface area contributed by atoms with E-state index in [0.29, 0.717) is 12.2 Å². The first-order valence-corrected chi connectivity index (χ1v) is 8.07. The number of thioether (sulfide) groups is 2. The summed E-state index contributed by atoms with van der Waals surface area (Å²) in [5.74, 6) is -0.418. The van der Waals surface area contributed by atoms with Crippen LogP contribution in [-0.4, -0.2) is 45.9 Å². The van der Waals surface area contributed by atoms with Crippen molar-refractivity contribution in [3.8, 4) is 0 Å². The fourth-order valence-electron chi connectivity index (χ4n) is 1.18. The Balaban J connectivity index is 4.78. The van der Waals surface area contributed by atoms with Crippen molar-refractivity contribution in [2.75, 3.05) is 18.3 Å². The fourth-order valence-corrected chi connectivity index (χ4v) is 2.48. The minimum atomic E-state index is -1.33. The number of hydrogen-bond acceptors (Lipinski definition) is 5. The molecule has 2 N–H and O–H groups in total. The van der Waals surface area contributed by atoms with E-state index in [2.05, 4.69) is 5.32 Å². The maximum absolute atomic E-state index is 11.7. The van der Waals surface area contributed by atoms with Crippen molar-refractivity contribution in [2.45, 2.75) is 37.7 Å². The predicted molar refractivity (Wildman–Crippen MR) is 76.3 cm³/mol. The molecule has 0 aliphatic rings. The molecule has 0 aliphatic carbocycles. The van der Waals surface area contributed by atoms with Crippen LogP contribution in [0.1, 0.15) is 27.2 Å². The van der Waals surface area contributed by atoms with E-state index >= 15 is 0 Å². The Morgan fingerprint density at radius 1 is 1.28 bits per heavy atom.